The van der Waals surface area contributed by atoms with E-state index in [9.17, 15) is 8.42 Å². The SMILES string of the molecule is CCS(=O)(=O)C1=CCCC=C1. The molecule has 0 amide bonds. The van der Waals surface area contributed by atoms with Crippen molar-refractivity contribution in [2.24, 2.45) is 0 Å². The van der Waals surface area contributed by atoms with Crippen LogP contribution in [0.15, 0.2) is 23.1 Å². The van der Waals surface area contributed by atoms with Crippen LogP contribution in [0.5, 0.6) is 0 Å². The van der Waals surface area contributed by atoms with E-state index < -0.39 is 9.84 Å². The standard InChI is InChI=1S/C8H12O2S/c1-2-11(9,10)8-6-4-3-5-7-8/h4,6-7H,2-3,5H2,1H3. The highest BCUT2D eigenvalue weighted by atomic mass is 32.2. The first-order valence-corrected chi connectivity index (χ1v) is 5.41. The van der Waals surface area contributed by atoms with E-state index in [0.717, 1.165) is 12.8 Å². The topological polar surface area (TPSA) is 34.1 Å². The monoisotopic (exact) mass is 172 g/mol. The molecule has 2 nitrogen and oxygen atoms in total. The van der Waals surface area contributed by atoms with Crippen LogP contribution in [0, 0.1) is 0 Å². The summed E-state index contributed by atoms with van der Waals surface area (Å²) in [5.41, 5.74) is 0. The van der Waals surface area contributed by atoms with Gasteiger partial charge in [-0.15, -0.1) is 0 Å². The second kappa shape index (κ2) is 3.22. The minimum absolute atomic E-state index is 0.198. The van der Waals surface area contributed by atoms with Crippen molar-refractivity contribution in [2.45, 2.75) is 19.8 Å². The molecular formula is C8H12O2S. The highest BCUT2D eigenvalue weighted by Gasteiger charge is 2.12. The fourth-order valence-corrected chi connectivity index (χ4v) is 2.00. The van der Waals surface area contributed by atoms with Crippen LogP contribution in [0.1, 0.15) is 19.8 Å². The van der Waals surface area contributed by atoms with Crippen molar-refractivity contribution in [1.29, 1.82) is 0 Å². The molecule has 0 aromatic rings. The van der Waals surface area contributed by atoms with Crippen LogP contribution in [-0.4, -0.2) is 14.2 Å². The quantitative estimate of drug-likeness (QED) is 0.634. The maximum absolute atomic E-state index is 11.2. The highest BCUT2D eigenvalue weighted by Crippen LogP contribution is 2.15. The largest absolute Gasteiger partial charge is 0.224 e. The first kappa shape index (κ1) is 8.53. The van der Waals surface area contributed by atoms with E-state index in [0.29, 0.717) is 4.91 Å². The molecule has 0 bridgehead atoms. The zero-order chi connectivity index (χ0) is 8.32. The Morgan fingerprint density at radius 1 is 1.45 bits per heavy atom. The number of allylic oxidation sites excluding steroid dienone is 3. The van der Waals surface area contributed by atoms with Crippen LogP contribution in [0.2, 0.25) is 0 Å². The number of rotatable bonds is 2. The van der Waals surface area contributed by atoms with Gasteiger partial charge in [0.25, 0.3) is 0 Å². The Morgan fingerprint density at radius 3 is 2.64 bits per heavy atom. The van der Waals surface area contributed by atoms with E-state index in [-0.39, 0.29) is 5.75 Å². The average Bonchev–Trinajstić information content (AvgIpc) is 2.06. The molecular weight excluding hydrogens is 160 g/mol. The molecule has 1 rings (SSSR count). The Morgan fingerprint density at radius 2 is 2.18 bits per heavy atom. The lowest BCUT2D eigenvalue weighted by atomic mass is 10.2. The molecule has 0 saturated carbocycles. The van der Waals surface area contributed by atoms with E-state index in [1.54, 1.807) is 19.1 Å². The Hall–Kier alpha value is -0.570. The van der Waals surface area contributed by atoms with E-state index in [2.05, 4.69) is 0 Å². The smallest absolute Gasteiger partial charge is 0.177 e. The van der Waals surface area contributed by atoms with Crippen LogP contribution in [0.25, 0.3) is 0 Å². The third-order valence-corrected chi connectivity index (χ3v) is 3.48. The second-order valence-corrected chi connectivity index (χ2v) is 4.77. The summed E-state index contributed by atoms with van der Waals surface area (Å²) in [6, 6.07) is 0. The molecule has 0 aliphatic heterocycles. The van der Waals surface area contributed by atoms with Gasteiger partial charge in [-0.1, -0.05) is 19.1 Å². The number of hydrogen-bond acceptors (Lipinski definition) is 2. The van der Waals surface area contributed by atoms with Gasteiger partial charge in [0.05, 0.1) is 10.7 Å². The van der Waals surface area contributed by atoms with Crippen LogP contribution in [0.3, 0.4) is 0 Å². The van der Waals surface area contributed by atoms with Crippen molar-refractivity contribution in [2.75, 3.05) is 5.75 Å². The molecule has 0 aromatic heterocycles. The molecule has 0 spiro atoms. The Bertz CT molecular complexity index is 283. The fourth-order valence-electron chi connectivity index (χ4n) is 0.987. The predicted molar refractivity (Wildman–Crippen MR) is 45.9 cm³/mol. The Labute approximate surface area is 67.5 Å². The van der Waals surface area contributed by atoms with Gasteiger partial charge in [-0.25, -0.2) is 8.42 Å². The van der Waals surface area contributed by atoms with Crippen LogP contribution >= 0.6 is 0 Å². The lowest BCUT2D eigenvalue weighted by molar-refractivity contribution is 0.603. The molecule has 1 aliphatic rings. The van der Waals surface area contributed by atoms with Crippen LogP contribution in [0.4, 0.5) is 0 Å². The van der Waals surface area contributed by atoms with Gasteiger partial charge in [0.1, 0.15) is 0 Å². The summed E-state index contributed by atoms with van der Waals surface area (Å²) in [5, 5.41) is 0. The molecule has 62 valence electrons. The third kappa shape index (κ3) is 1.93. The van der Waals surface area contributed by atoms with Crippen molar-refractivity contribution >= 4 is 9.84 Å². The minimum Gasteiger partial charge on any atom is -0.224 e. The summed E-state index contributed by atoms with van der Waals surface area (Å²) in [7, 11) is -2.95. The summed E-state index contributed by atoms with van der Waals surface area (Å²) in [6.07, 6.45) is 7.21. The third-order valence-electron chi connectivity index (χ3n) is 1.70. The summed E-state index contributed by atoms with van der Waals surface area (Å²) in [6.45, 7) is 1.67. The average molecular weight is 172 g/mol. The summed E-state index contributed by atoms with van der Waals surface area (Å²) >= 11 is 0. The zero-order valence-electron chi connectivity index (χ0n) is 6.58. The maximum atomic E-state index is 11.2. The van der Waals surface area contributed by atoms with Gasteiger partial charge in [-0.3, -0.25) is 0 Å². The van der Waals surface area contributed by atoms with E-state index in [1.807, 2.05) is 6.08 Å². The van der Waals surface area contributed by atoms with Gasteiger partial charge >= 0.3 is 0 Å². The number of hydrogen-bond donors (Lipinski definition) is 0. The summed E-state index contributed by atoms with van der Waals surface area (Å²) in [5.74, 6) is 0.198. The molecule has 3 heteroatoms. The van der Waals surface area contributed by atoms with Crippen molar-refractivity contribution in [1.82, 2.24) is 0 Å². The molecule has 0 saturated heterocycles. The molecule has 0 radical (unpaired) electrons. The lowest BCUT2D eigenvalue weighted by Gasteiger charge is -2.05. The van der Waals surface area contributed by atoms with Crippen LogP contribution < -0.4 is 0 Å². The molecule has 0 heterocycles. The molecule has 0 unspecified atom stereocenters. The predicted octanol–water partition coefficient (Wildman–Crippen LogP) is 1.66. The number of sulfone groups is 1. The van der Waals surface area contributed by atoms with Gasteiger partial charge in [-0.2, -0.15) is 0 Å². The lowest BCUT2D eigenvalue weighted by Crippen LogP contribution is -2.06. The van der Waals surface area contributed by atoms with Crippen LogP contribution in [-0.2, 0) is 9.84 Å². The van der Waals surface area contributed by atoms with Crippen molar-refractivity contribution in [3.05, 3.63) is 23.1 Å². The minimum atomic E-state index is -2.95. The van der Waals surface area contributed by atoms with Gasteiger partial charge in [-0.05, 0) is 18.9 Å². The zero-order valence-corrected chi connectivity index (χ0v) is 7.39. The first-order valence-electron chi connectivity index (χ1n) is 3.76. The molecule has 1 aliphatic carbocycles. The second-order valence-electron chi connectivity index (χ2n) is 2.49. The molecule has 11 heavy (non-hydrogen) atoms. The maximum Gasteiger partial charge on any atom is 0.177 e. The molecule has 0 N–H and O–H groups in total. The van der Waals surface area contributed by atoms with Gasteiger partial charge in [0, 0.05) is 0 Å². The molecule has 0 atom stereocenters. The summed E-state index contributed by atoms with van der Waals surface area (Å²) < 4.78 is 22.5. The van der Waals surface area contributed by atoms with E-state index in [4.69, 9.17) is 0 Å². The van der Waals surface area contributed by atoms with Crippen molar-refractivity contribution < 1.29 is 8.42 Å². The van der Waals surface area contributed by atoms with E-state index in [1.165, 1.54) is 0 Å². The molecule has 0 aromatic carbocycles. The highest BCUT2D eigenvalue weighted by molar-refractivity contribution is 7.95. The Kier molecular flexibility index (Phi) is 2.49. The summed E-state index contributed by atoms with van der Waals surface area (Å²) in [4.78, 5) is 0.492. The molecule has 0 fully saturated rings. The van der Waals surface area contributed by atoms with Gasteiger partial charge in [0.2, 0.25) is 0 Å². The van der Waals surface area contributed by atoms with Gasteiger partial charge < -0.3 is 0 Å². The fraction of sp³-hybridized carbons (Fsp3) is 0.500. The van der Waals surface area contributed by atoms with Gasteiger partial charge in [0.15, 0.2) is 9.84 Å². The van der Waals surface area contributed by atoms with E-state index >= 15 is 0 Å². The van der Waals surface area contributed by atoms with Crippen molar-refractivity contribution in [3.63, 3.8) is 0 Å². The Balaban J connectivity index is 2.92. The van der Waals surface area contributed by atoms with Crippen molar-refractivity contribution in [3.8, 4) is 0 Å². The first-order chi connectivity index (χ1) is 5.17. The normalized spacial score (nSPS) is 18.1.